The average Bonchev–Trinajstić information content (AvgIpc) is 2.93. The largest absolute Gasteiger partial charge is 0.315 e. The van der Waals surface area contributed by atoms with Crippen LogP contribution >= 0.6 is 0 Å². The average molecular weight is 288 g/mol. The predicted octanol–water partition coefficient (Wildman–Crippen LogP) is 4.10. The summed E-state index contributed by atoms with van der Waals surface area (Å²) in [4.78, 5) is 2.70. The van der Waals surface area contributed by atoms with Crippen molar-refractivity contribution >= 4 is 0 Å². The maximum atomic E-state index is 3.67. The van der Waals surface area contributed by atoms with Crippen LogP contribution in [0.3, 0.4) is 0 Å². The molecule has 1 aromatic carbocycles. The fraction of sp³-hybridized carbons (Fsp3) is 0.684. The maximum Gasteiger partial charge on any atom is 0.0472 e. The molecule has 118 valence electrons. The first kappa shape index (κ1) is 16.5. The normalized spacial score (nSPS) is 21.0. The maximum absolute atomic E-state index is 3.67. The number of nitrogens with zero attached hydrogens (tertiary/aromatic N) is 1. The van der Waals surface area contributed by atoms with Crippen LogP contribution in [0, 0.1) is 11.8 Å². The van der Waals surface area contributed by atoms with Crippen LogP contribution in [-0.4, -0.2) is 31.1 Å². The third-order valence-corrected chi connectivity index (χ3v) is 4.53. The van der Waals surface area contributed by atoms with E-state index in [1.165, 1.54) is 37.9 Å². The highest BCUT2D eigenvalue weighted by Crippen LogP contribution is 2.29. The smallest absolute Gasteiger partial charge is 0.0472 e. The van der Waals surface area contributed by atoms with E-state index in [2.05, 4.69) is 61.3 Å². The van der Waals surface area contributed by atoms with Crippen molar-refractivity contribution in [3.63, 3.8) is 0 Å². The van der Waals surface area contributed by atoms with Gasteiger partial charge in [0.1, 0.15) is 0 Å². The highest BCUT2D eigenvalue weighted by molar-refractivity contribution is 5.19. The Morgan fingerprint density at radius 1 is 1.19 bits per heavy atom. The number of nitrogens with one attached hydrogen (secondary N) is 1. The Morgan fingerprint density at radius 2 is 1.95 bits per heavy atom. The first-order valence-electron chi connectivity index (χ1n) is 8.70. The first-order valence-corrected chi connectivity index (χ1v) is 8.70. The second-order valence-corrected chi connectivity index (χ2v) is 6.92. The lowest BCUT2D eigenvalue weighted by atomic mass is 10.0. The van der Waals surface area contributed by atoms with Gasteiger partial charge in [0.15, 0.2) is 0 Å². The van der Waals surface area contributed by atoms with Crippen LogP contribution in [0.5, 0.6) is 0 Å². The summed E-state index contributed by atoms with van der Waals surface area (Å²) in [7, 11) is 0. The summed E-state index contributed by atoms with van der Waals surface area (Å²) in [5.41, 5.74) is 1.46. The van der Waals surface area contributed by atoms with E-state index in [9.17, 15) is 0 Å². The molecule has 0 amide bonds. The van der Waals surface area contributed by atoms with E-state index < -0.39 is 0 Å². The molecular weight excluding hydrogens is 256 g/mol. The third-order valence-electron chi connectivity index (χ3n) is 4.53. The van der Waals surface area contributed by atoms with Crippen LogP contribution in [-0.2, 0) is 0 Å². The number of rotatable bonds is 8. The molecular formula is C19H32N2. The summed E-state index contributed by atoms with van der Waals surface area (Å²) < 4.78 is 0. The van der Waals surface area contributed by atoms with E-state index in [4.69, 9.17) is 0 Å². The summed E-state index contributed by atoms with van der Waals surface area (Å²) in [5, 5.41) is 3.67. The molecule has 21 heavy (non-hydrogen) atoms. The molecule has 0 bridgehead atoms. The van der Waals surface area contributed by atoms with E-state index in [-0.39, 0.29) is 0 Å². The van der Waals surface area contributed by atoms with Crippen LogP contribution in [0.2, 0.25) is 0 Å². The molecule has 1 aliphatic rings. The Balaban J connectivity index is 1.99. The second kappa shape index (κ2) is 8.55. The van der Waals surface area contributed by atoms with Gasteiger partial charge in [-0.05, 0) is 43.3 Å². The van der Waals surface area contributed by atoms with Gasteiger partial charge in [0.25, 0.3) is 0 Å². The molecule has 2 nitrogen and oxygen atoms in total. The fourth-order valence-corrected chi connectivity index (χ4v) is 3.43. The lowest BCUT2D eigenvalue weighted by molar-refractivity contribution is 0.226. The standard InChI is InChI=1S/C19H32N2/c1-4-8-17-11-12-21(15-17)19(14-20-13-16(2)3)18-9-6-5-7-10-18/h5-7,9-10,16-17,19-20H,4,8,11-15H2,1-3H3. The predicted molar refractivity (Wildman–Crippen MR) is 91.5 cm³/mol. The molecule has 2 heteroatoms. The highest BCUT2D eigenvalue weighted by atomic mass is 15.2. The molecule has 1 N–H and O–H groups in total. The van der Waals surface area contributed by atoms with Gasteiger partial charge in [0, 0.05) is 19.1 Å². The van der Waals surface area contributed by atoms with Gasteiger partial charge in [-0.2, -0.15) is 0 Å². The number of hydrogen-bond acceptors (Lipinski definition) is 2. The summed E-state index contributed by atoms with van der Waals surface area (Å²) in [6.07, 6.45) is 4.08. The fourth-order valence-electron chi connectivity index (χ4n) is 3.43. The van der Waals surface area contributed by atoms with Gasteiger partial charge in [0.2, 0.25) is 0 Å². The zero-order chi connectivity index (χ0) is 15.1. The molecule has 1 fully saturated rings. The van der Waals surface area contributed by atoms with E-state index >= 15 is 0 Å². The third kappa shape index (κ3) is 5.12. The minimum Gasteiger partial charge on any atom is -0.315 e. The van der Waals surface area contributed by atoms with Crippen molar-refractivity contribution in [1.29, 1.82) is 0 Å². The quantitative estimate of drug-likeness (QED) is 0.775. The number of hydrogen-bond donors (Lipinski definition) is 1. The van der Waals surface area contributed by atoms with Gasteiger partial charge < -0.3 is 5.32 Å². The molecule has 2 atom stereocenters. The molecule has 0 spiro atoms. The van der Waals surface area contributed by atoms with Gasteiger partial charge in [0.05, 0.1) is 0 Å². The van der Waals surface area contributed by atoms with Crippen LogP contribution in [0.4, 0.5) is 0 Å². The summed E-state index contributed by atoms with van der Waals surface area (Å²) in [6, 6.07) is 11.6. The molecule has 2 rings (SSSR count). The van der Waals surface area contributed by atoms with Crippen molar-refractivity contribution in [2.24, 2.45) is 11.8 Å². The summed E-state index contributed by atoms with van der Waals surface area (Å²) in [6.45, 7) is 11.6. The Morgan fingerprint density at radius 3 is 2.62 bits per heavy atom. The molecule has 0 aromatic heterocycles. The van der Waals surface area contributed by atoms with Crippen LogP contribution in [0.25, 0.3) is 0 Å². The molecule has 0 saturated carbocycles. The molecule has 1 heterocycles. The SMILES string of the molecule is CCCC1CCN(C(CNCC(C)C)c2ccccc2)C1. The zero-order valence-electron chi connectivity index (χ0n) is 14.0. The van der Waals surface area contributed by atoms with E-state index in [1.807, 2.05) is 0 Å². The van der Waals surface area contributed by atoms with Crippen molar-refractivity contribution < 1.29 is 0 Å². The Labute approximate surface area is 130 Å². The molecule has 0 aliphatic carbocycles. The summed E-state index contributed by atoms with van der Waals surface area (Å²) >= 11 is 0. The minimum atomic E-state index is 0.534. The molecule has 1 aromatic rings. The van der Waals surface area contributed by atoms with Crippen molar-refractivity contribution in [2.45, 2.75) is 46.1 Å². The lowest BCUT2D eigenvalue weighted by Gasteiger charge is -2.29. The van der Waals surface area contributed by atoms with E-state index in [0.717, 1.165) is 19.0 Å². The Kier molecular flexibility index (Phi) is 6.72. The van der Waals surface area contributed by atoms with E-state index in [0.29, 0.717) is 12.0 Å². The van der Waals surface area contributed by atoms with Crippen LogP contribution in [0.1, 0.15) is 51.6 Å². The number of likely N-dealkylation sites (tertiary alicyclic amines) is 1. The van der Waals surface area contributed by atoms with Crippen molar-refractivity contribution in [2.75, 3.05) is 26.2 Å². The van der Waals surface area contributed by atoms with Gasteiger partial charge in [-0.15, -0.1) is 0 Å². The van der Waals surface area contributed by atoms with Gasteiger partial charge in [-0.3, -0.25) is 4.90 Å². The Hall–Kier alpha value is -0.860. The van der Waals surface area contributed by atoms with Crippen molar-refractivity contribution in [3.05, 3.63) is 35.9 Å². The van der Waals surface area contributed by atoms with Crippen molar-refractivity contribution in [1.82, 2.24) is 10.2 Å². The van der Waals surface area contributed by atoms with E-state index in [1.54, 1.807) is 0 Å². The zero-order valence-corrected chi connectivity index (χ0v) is 14.0. The monoisotopic (exact) mass is 288 g/mol. The molecule has 2 unspecified atom stereocenters. The minimum absolute atomic E-state index is 0.534. The van der Waals surface area contributed by atoms with Crippen molar-refractivity contribution in [3.8, 4) is 0 Å². The van der Waals surface area contributed by atoms with Crippen LogP contribution < -0.4 is 5.32 Å². The molecule has 0 radical (unpaired) electrons. The lowest BCUT2D eigenvalue weighted by Crippen LogP contribution is -2.35. The topological polar surface area (TPSA) is 15.3 Å². The number of benzene rings is 1. The van der Waals surface area contributed by atoms with Gasteiger partial charge in [-0.1, -0.05) is 57.5 Å². The molecule has 1 saturated heterocycles. The molecule has 1 aliphatic heterocycles. The van der Waals surface area contributed by atoms with Gasteiger partial charge in [-0.25, -0.2) is 0 Å². The summed E-state index contributed by atoms with van der Waals surface area (Å²) in [5.74, 6) is 1.62. The van der Waals surface area contributed by atoms with Gasteiger partial charge >= 0.3 is 0 Å². The second-order valence-electron chi connectivity index (χ2n) is 6.92. The highest BCUT2D eigenvalue weighted by Gasteiger charge is 2.28. The first-order chi connectivity index (χ1) is 10.2. The van der Waals surface area contributed by atoms with Crippen LogP contribution in [0.15, 0.2) is 30.3 Å². The Bertz CT molecular complexity index is 388.